The van der Waals surface area contributed by atoms with Crippen molar-refractivity contribution in [2.24, 2.45) is 12.5 Å². The molecule has 1 atom stereocenters. The van der Waals surface area contributed by atoms with Gasteiger partial charge in [0.25, 0.3) is 5.91 Å². The van der Waals surface area contributed by atoms with Crippen LogP contribution < -0.4 is 0 Å². The Balaban J connectivity index is 1.31. The van der Waals surface area contributed by atoms with E-state index < -0.39 is 0 Å². The molecule has 3 aliphatic rings. The van der Waals surface area contributed by atoms with Crippen LogP contribution in [0.1, 0.15) is 42.7 Å². The van der Waals surface area contributed by atoms with E-state index >= 15 is 0 Å². The Morgan fingerprint density at radius 3 is 2.71 bits per heavy atom. The highest BCUT2D eigenvalue weighted by molar-refractivity contribution is 5.90. The second kappa shape index (κ2) is 6.44. The first-order valence-corrected chi connectivity index (χ1v) is 9.12. The van der Waals surface area contributed by atoms with Gasteiger partial charge in [-0.15, -0.1) is 0 Å². The van der Waals surface area contributed by atoms with Crippen molar-refractivity contribution in [1.82, 2.24) is 24.6 Å². The molecule has 1 spiro atoms. The number of piperidine rings is 1. The lowest BCUT2D eigenvalue weighted by Crippen LogP contribution is -2.44. The van der Waals surface area contributed by atoms with Crippen molar-refractivity contribution in [1.29, 1.82) is 0 Å². The van der Waals surface area contributed by atoms with Crippen LogP contribution in [0.4, 0.5) is 0 Å². The van der Waals surface area contributed by atoms with Gasteiger partial charge in [0.15, 0.2) is 0 Å². The number of amides is 1. The smallest absolute Gasteiger partial charge is 0.291 e. The summed E-state index contributed by atoms with van der Waals surface area (Å²) in [5.74, 6) is 0.429. The van der Waals surface area contributed by atoms with Crippen molar-refractivity contribution in [2.45, 2.75) is 38.2 Å². The van der Waals surface area contributed by atoms with E-state index in [4.69, 9.17) is 4.74 Å². The first-order chi connectivity index (χ1) is 11.7. The molecule has 4 rings (SSSR count). The minimum atomic E-state index is -0.00242. The molecule has 0 aromatic carbocycles. The maximum absolute atomic E-state index is 12.5. The van der Waals surface area contributed by atoms with Crippen LogP contribution in [-0.4, -0.2) is 75.9 Å². The monoisotopic (exact) mass is 333 g/mol. The fraction of sp³-hybridized carbons (Fsp3) is 0.824. The van der Waals surface area contributed by atoms with Gasteiger partial charge in [-0.25, -0.2) is 9.67 Å². The summed E-state index contributed by atoms with van der Waals surface area (Å²) in [5.41, 5.74) is 0.279. The van der Waals surface area contributed by atoms with Gasteiger partial charge in [-0.2, -0.15) is 5.10 Å². The minimum absolute atomic E-state index is 0.00242. The lowest BCUT2D eigenvalue weighted by molar-refractivity contribution is 0.0450. The molecule has 1 unspecified atom stereocenters. The summed E-state index contributed by atoms with van der Waals surface area (Å²) >= 11 is 0. The number of ether oxygens (including phenoxy) is 1. The molecule has 3 aliphatic heterocycles. The molecule has 3 saturated heterocycles. The fourth-order valence-corrected chi connectivity index (χ4v) is 4.43. The molecule has 1 aromatic rings. The number of aromatic nitrogens is 3. The van der Waals surface area contributed by atoms with Crippen LogP contribution in [0.5, 0.6) is 0 Å². The molecule has 132 valence electrons. The molecule has 7 heteroatoms. The first kappa shape index (κ1) is 16.0. The molecular formula is C17H27N5O2. The van der Waals surface area contributed by atoms with Gasteiger partial charge < -0.3 is 14.5 Å². The highest BCUT2D eigenvalue weighted by Gasteiger charge is 2.43. The third-order valence-electron chi connectivity index (χ3n) is 5.96. The summed E-state index contributed by atoms with van der Waals surface area (Å²) < 4.78 is 7.68. The third-order valence-corrected chi connectivity index (χ3v) is 5.96. The van der Waals surface area contributed by atoms with E-state index in [0.29, 0.717) is 11.9 Å². The molecule has 1 aromatic heterocycles. The number of aryl methyl sites for hydroxylation is 1. The predicted molar refractivity (Wildman–Crippen MR) is 88.6 cm³/mol. The molecule has 0 aliphatic carbocycles. The standard InChI is InChI=1S/C17H27N5O2/c1-20-15(18-13-19-20)16(23)22-8-4-17(5-9-22)10-14(24-12-17)11-21-6-2-3-7-21/h13-14H,2-12H2,1H3. The van der Waals surface area contributed by atoms with E-state index in [-0.39, 0.29) is 11.3 Å². The molecular weight excluding hydrogens is 306 g/mol. The molecule has 0 N–H and O–H groups in total. The van der Waals surface area contributed by atoms with Crippen molar-refractivity contribution in [3.63, 3.8) is 0 Å². The zero-order chi connectivity index (χ0) is 16.6. The Bertz CT molecular complexity index is 588. The molecule has 4 heterocycles. The Morgan fingerprint density at radius 2 is 2.04 bits per heavy atom. The van der Waals surface area contributed by atoms with Crippen molar-refractivity contribution < 1.29 is 9.53 Å². The second-order valence-electron chi connectivity index (χ2n) is 7.64. The predicted octanol–water partition coefficient (Wildman–Crippen LogP) is 0.922. The zero-order valence-electron chi connectivity index (χ0n) is 14.5. The van der Waals surface area contributed by atoms with Gasteiger partial charge in [-0.05, 0) is 50.6 Å². The van der Waals surface area contributed by atoms with Crippen molar-refractivity contribution in [2.75, 3.05) is 39.3 Å². The molecule has 1 amide bonds. The molecule has 7 nitrogen and oxygen atoms in total. The summed E-state index contributed by atoms with van der Waals surface area (Å²) in [6.07, 6.45) is 7.69. The molecule has 0 bridgehead atoms. The topological polar surface area (TPSA) is 63.5 Å². The largest absolute Gasteiger partial charge is 0.376 e. The summed E-state index contributed by atoms with van der Waals surface area (Å²) in [5, 5.41) is 4.00. The lowest BCUT2D eigenvalue weighted by atomic mass is 9.76. The van der Waals surface area contributed by atoms with E-state index in [2.05, 4.69) is 15.0 Å². The number of nitrogens with zero attached hydrogens (tertiary/aromatic N) is 5. The number of carbonyl (C=O) groups is 1. The minimum Gasteiger partial charge on any atom is -0.376 e. The van der Waals surface area contributed by atoms with E-state index in [1.807, 2.05) is 4.90 Å². The summed E-state index contributed by atoms with van der Waals surface area (Å²) in [7, 11) is 1.76. The lowest BCUT2D eigenvalue weighted by Gasteiger charge is -2.38. The number of likely N-dealkylation sites (tertiary alicyclic amines) is 2. The van der Waals surface area contributed by atoms with Crippen LogP contribution in [0.3, 0.4) is 0 Å². The van der Waals surface area contributed by atoms with E-state index in [1.54, 1.807) is 11.7 Å². The van der Waals surface area contributed by atoms with E-state index in [1.165, 1.54) is 32.3 Å². The molecule has 24 heavy (non-hydrogen) atoms. The van der Waals surface area contributed by atoms with Gasteiger partial charge in [0.2, 0.25) is 5.82 Å². The van der Waals surface area contributed by atoms with Gasteiger partial charge >= 0.3 is 0 Å². The quantitative estimate of drug-likeness (QED) is 0.823. The van der Waals surface area contributed by atoms with E-state index in [9.17, 15) is 4.79 Å². The van der Waals surface area contributed by atoms with Crippen LogP contribution in [0.15, 0.2) is 6.33 Å². The average molecular weight is 333 g/mol. The van der Waals surface area contributed by atoms with Crippen molar-refractivity contribution in [3.05, 3.63) is 12.2 Å². The Labute approximate surface area is 143 Å². The summed E-state index contributed by atoms with van der Waals surface area (Å²) in [6, 6.07) is 0. The molecule has 3 fully saturated rings. The van der Waals surface area contributed by atoms with Crippen LogP contribution in [-0.2, 0) is 11.8 Å². The molecule has 0 radical (unpaired) electrons. The van der Waals surface area contributed by atoms with Crippen LogP contribution in [0.25, 0.3) is 0 Å². The van der Waals surface area contributed by atoms with E-state index in [0.717, 1.165) is 45.5 Å². The van der Waals surface area contributed by atoms with Gasteiger partial charge in [-0.1, -0.05) is 0 Å². The fourth-order valence-electron chi connectivity index (χ4n) is 4.43. The van der Waals surface area contributed by atoms with Crippen molar-refractivity contribution >= 4 is 5.91 Å². The third kappa shape index (κ3) is 3.07. The van der Waals surface area contributed by atoms with Gasteiger partial charge in [-0.3, -0.25) is 4.79 Å². The Morgan fingerprint density at radius 1 is 1.29 bits per heavy atom. The van der Waals surface area contributed by atoms with Crippen LogP contribution >= 0.6 is 0 Å². The number of rotatable bonds is 3. The normalized spacial score (nSPS) is 27.2. The first-order valence-electron chi connectivity index (χ1n) is 9.12. The van der Waals surface area contributed by atoms with Gasteiger partial charge in [0.1, 0.15) is 6.33 Å². The SMILES string of the molecule is Cn1ncnc1C(=O)N1CCC2(CC1)COC(CN1CCCC1)C2. The second-order valence-corrected chi connectivity index (χ2v) is 7.64. The maximum Gasteiger partial charge on any atom is 0.291 e. The van der Waals surface area contributed by atoms with Crippen molar-refractivity contribution in [3.8, 4) is 0 Å². The summed E-state index contributed by atoms with van der Waals surface area (Å²) in [6.45, 7) is 6.00. The number of hydrogen-bond donors (Lipinski definition) is 0. The highest BCUT2D eigenvalue weighted by Crippen LogP contribution is 2.42. The number of hydrogen-bond acceptors (Lipinski definition) is 5. The maximum atomic E-state index is 12.5. The average Bonchev–Trinajstić information content (AvgIpc) is 3.31. The summed E-state index contributed by atoms with van der Waals surface area (Å²) in [4.78, 5) is 21.1. The Hall–Kier alpha value is -1.47. The number of carbonyl (C=O) groups excluding carboxylic acids is 1. The molecule has 0 saturated carbocycles. The highest BCUT2D eigenvalue weighted by atomic mass is 16.5. The van der Waals surface area contributed by atoms with Gasteiger partial charge in [0, 0.05) is 26.7 Å². The van der Waals surface area contributed by atoms with Crippen LogP contribution in [0.2, 0.25) is 0 Å². The Kier molecular flexibility index (Phi) is 4.30. The van der Waals surface area contributed by atoms with Crippen LogP contribution in [0, 0.1) is 5.41 Å². The van der Waals surface area contributed by atoms with Gasteiger partial charge in [0.05, 0.1) is 12.7 Å². The zero-order valence-corrected chi connectivity index (χ0v) is 14.5.